The minimum atomic E-state index is -0.128. The number of fused-ring (bicyclic) bond motifs is 1. The Bertz CT molecular complexity index is 791. The molecule has 0 bridgehead atoms. The Hall–Kier alpha value is -2.86. The smallest absolute Gasteiger partial charge is 0.265 e. The van der Waals surface area contributed by atoms with Gasteiger partial charge in [-0.15, -0.1) is 0 Å². The number of nitrogens with zero attached hydrogens (tertiary/aromatic N) is 1. The van der Waals surface area contributed by atoms with Gasteiger partial charge in [0.1, 0.15) is 5.75 Å². The molecule has 0 unspecified atom stereocenters. The normalized spacial score (nSPS) is 13.1. The van der Waals surface area contributed by atoms with Gasteiger partial charge in [-0.2, -0.15) is 0 Å². The summed E-state index contributed by atoms with van der Waals surface area (Å²) in [6.45, 7) is 1.59. The maximum absolute atomic E-state index is 12.3. The van der Waals surface area contributed by atoms with E-state index in [-0.39, 0.29) is 18.4 Å². The number of carbonyl (C=O) groups excluding carboxylic acids is 2. The van der Waals surface area contributed by atoms with Crippen LogP contribution in [0.25, 0.3) is 0 Å². The van der Waals surface area contributed by atoms with Crippen LogP contribution < -0.4 is 15.0 Å². The van der Waals surface area contributed by atoms with Crippen molar-refractivity contribution in [1.29, 1.82) is 0 Å². The van der Waals surface area contributed by atoms with Crippen LogP contribution in [0.3, 0.4) is 0 Å². The standard InChI is InChI=1S/C20H22N2O4/c1-25-11-5-10-21-20(24)16-7-4-6-15(12-16)13-22-17-8-2-3-9-18(17)26-14-19(22)23/h2-4,6-9,12H,5,10-11,13-14H2,1H3,(H,21,24). The van der Waals surface area contributed by atoms with Crippen LogP contribution in [0.1, 0.15) is 22.3 Å². The Morgan fingerprint density at radius 3 is 2.92 bits per heavy atom. The van der Waals surface area contributed by atoms with Crippen molar-refractivity contribution in [3.63, 3.8) is 0 Å². The van der Waals surface area contributed by atoms with Crippen LogP contribution >= 0.6 is 0 Å². The zero-order valence-electron chi connectivity index (χ0n) is 14.7. The van der Waals surface area contributed by atoms with E-state index in [2.05, 4.69) is 5.32 Å². The second-order valence-electron chi connectivity index (χ2n) is 6.04. The average Bonchev–Trinajstić information content (AvgIpc) is 2.67. The fourth-order valence-electron chi connectivity index (χ4n) is 2.84. The van der Waals surface area contributed by atoms with Crippen molar-refractivity contribution in [3.05, 3.63) is 59.7 Å². The number of ether oxygens (including phenoxy) is 2. The molecule has 1 aliphatic heterocycles. The van der Waals surface area contributed by atoms with Gasteiger partial charge in [-0.1, -0.05) is 24.3 Å². The van der Waals surface area contributed by atoms with Crippen molar-refractivity contribution in [2.24, 2.45) is 0 Å². The molecule has 0 saturated carbocycles. The molecule has 0 aromatic heterocycles. The predicted octanol–water partition coefficient (Wildman–Crippen LogP) is 2.38. The van der Waals surface area contributed by atoms with E-state index in [4.69, 9.17) is 9.47 Å². The van der Waals surface area contributed by atoms with Crippen LogP contribution in [0, 0.1) is 0 Å². The molecule has 1 N–H and O–H groups in total. The zero-order chi connectivity index (χ0) is 18.4. The van der Waals surface area contributed by atoms with Gasteiger partial charge in [0.25, 0.3) is 11.8 Å². The van der Waals surface area contributed by atoms with E-state index in [9.17, 15) is 9.59 Å². The van der Waals surface area contributed by atoms with Crippen LogP contribution in [0.4, 0.5) is 5.69 Å². The quantitative estimate of drug-likeness (QED) is 0.775. The number of carbonyl (C=O) groups is 2. The summed E-state index contributed by atoms with van der Waals surface area (Å²) in [6, 6.07) is 14.8. The number of para-hydroxylation sites is 2. The summed E-state index contributed by atoms with van der Waals surface area (Å²) in [5, 5.41) is 2.87. The summed E-state index contributed by atoms with van der Waals surface area (Å²) < 4.78 is 10.4. The molecule has 0 fully saturated rings. The number of hydrogen-bond donors (Lipinski definition) is 1. The highest BCUT2D eigenvalue weighted by atomic mass is 16.5. The van der Waals surface area contributed by atoms with Crippen molar-refractivity contribution in [2.75, 3.05) is 31.8 Å². The fourth-order valence-corrected chi connectivity index (χ4v) is 2.84. The molecular formula is C20H22N2O4. The first-order valence-corrected chi connectivity index (χ1v) is 8.57. The van der Waals surface area contributed by atoms with Crippen LogP contribution in [-0.4, -0.2) is 38.7 Å². The second kappa shape index (κ2) is 8.49. The molecule has 0 spiro atoms. The summed E-state index contributed by atoms with van der Waals surface area (Å²) in [7, 11) is 1.64. The van der Waals surface area contributed by atoms with E-state index in [1.807, 2.05) is 42.5 Å². The lowest BCUT2D eigenvalue weighted by Crippen LogP contribution is -2.38. The van der Waals surface area contributed by atoms with E-state index in [0.717, 1.165) is 17.7 Å². The van der Waals surface area contributed by atoms with Gasteiger partial charge in [0.2, 0.25) is 0 Å². The van der Waals surface area contributed by atoms with Crippen molar-refractivity contribution in [1.82, 2.24) is 5.32 Å². The number of rotatable bonds is 7. The minimum Gasteiger partial charge on any atom is -0.482 e. The van der Waals surface area contributed by atoms with Crippen molar-refractivity contribution in [2.45, 2.75) is 13.0 Å². The number of benzene rings is 2. The monoisotopic (exact) mass is 354 g/mol. The number of nitrogens with one attached hydrogen (secondary N) is 1. The summed E-state index contributed by atoms with van der Waals surface area (Å²) in [5.41, 5.74) is 2.21. The van der Waals surface area contributed by atoms with Gasteiger partial charge in [0, 0.05) is 25.8 Å². The van der Waals surface area contributed by atoms with E-state index < -0.39 is 0 Å². The maximum atomic E-state index is 12.3. The molecule has 6 heteroatoms. The van der Waals surface area contributed by atoms with Crippen LogP contribution in [0.5, 0.6) is 5.75 Å². The topological polar surface area (TPSA) is 67.9 Å². The molecule has 2 aromatic carbocycles. The molecule has 0 atom stereocenters. The summed E-state index contributed by atoms with van der Waals surface area (Å²) >= 11 is 0. The lowest BCUT2D eigenvalue weighted by Gasteiger charge is -2.29. The second-order valence-corrected chi connectivity index (χ2v) is 6.04. The Balaban J connectivity index is 1.71. The molecule has 3 rings (SSSR count). The molecule has 136 valence electrons. The molecule has 6 nitrogen and oxygen atoms in total. The Kier molecular flexibility index (Phi) is 5.86. The Labute approximate surface area is 152 Å². The molecule has 2 amide bonds. The van der Waals surface area contributed by atoms with Gasteiger partial charge in [-0.05, 0) is 36.2 Å². The number of methoxy groups -OCH3 is 1. The maximum Gasteiger partial charge on any atom is 0.265 e. The van der Waals surface area contributed by atoms with Crippen LogP contribution in [-0.2, 0) is 16.1 Å². The summed E-state index contributed by atoms with van der Waals surface area (Å²) in [4.78, 5) is 26.2. The predicted molar refractivity (Wildman–Crippen MR) is 98.4 cm³/mol. The van der Waals surface area contributed by atoms with Gasteiger partial charge in [-0.3, -0.25) is 9.59 Å². The summed E-state index contributed by atoms with van der Waals surface area (Å²) in [5.74, 6) is 0.467. The lowest BCUT2D eigenvalue weighted by atomic mass is 10.1. The lowest BCUT2D eigenvalue weighted by molar-refractivity contribution is -0.121. The van der Waals surface area contributed by atoms with Crippen LogP contribution in [0.2, 0.25) is 0 Å². The summed E-state index contributed by atoms with van der Waals surface area (Å²) in [6.07, 6.45) is 0.765. The number of hydrogen-bond acceptors (Lipinski definition) is 4. The van der Waals surface area contributed by atoms with E-state index >= 15 is 0 Å². The zero-order valence-corrected chi connectivity index (χ0v) is 14.7. The Morgan fingerprint density at radius 2 is 2.08 bits per heavy atom. The van der Waals surface area contributed by atoms with Gasteiger partial charge in [-0.25, -0.2) is 0 Å². The van der Waals surface area contributed by atoms with Crippen molar-refractivity contribution < 1.29 is 19.1 Å². The highest BCUT2D eigenvalue weighted by Gasteiger charge is 2.25. The van der Waals surface area contributed by atoms with E-state index in [1.165, 1.54) is 0 Å². The molecule has 2 aromatic rings. The third-order valence-corrected chi connectivity index (χ3v) is 4.15. The molecule has 0 saturated heterocycles. The average molecular weight is 354 g/mol. The first-order chi connectivity index (χ1) is 12.7. The Morgan fingerprint density at radius 1 is 1.23 bits per heavy atom. The minimum absolute atomic E-state index is 0.0245. The number of amides is 2. The van der Waals surface area contributed by atoms with Gasteiger partial charge in [0.15, 0.2) is 6.61 Å². The molecule has 0 radical (unpaired) electrons. The van der Waals surface area contributed by atoms with E-state index in [1.54, 1.807) is 18.1 Å². The molecular weight excluding hydrogens is 332 g/mol. The fraction of sp³-hybridized carbons (Fsp3) is 0.300. The van der Waals surface area contributed by atoms with Gasteiger partial charge >= 0.3 is 0 Å². The molecule has 1 heterocycles. The highest BCUT2D eigenvalue weighted by molar-refractivity contribution is 5.98. The van der Waals surface area contributed by atoms with Gasteiger partial charge in [0.05, 0.1) is 12.2 Å². The third-order valence-electron chi connectivity index (χ3n) is 4.15. The first kappa shape index (κ1) is 17.9. The largest absolute Gasteiger partial charge is 0.482 e. The van der Waals surface area contributed by atoms with Crippen molar-refractivity contribution >= 4 is 17.5 Å². The van der Waals surface area contributed by atoms with E-state index in [0.29, 0.717) is 31.0 Å². The first-order valence-electron chi connectivity index (χ1n) is 8.57. The van der Waals surface area contributed by atoms with Gasteiger partial charge < -0.3 is 19.7 Å². The molecule has 26 heavy (non-hydrogen) atoms. The SMILES string of the molecule is COCCCNC(=O)c1cccc(CN2C(=O)COc3ccccc32)c1. The molecule has 0 aliphatic carbocycles. The highest BCUT2D eigenvalue weighted by Crippen LogP contribution is 2.32. The van der Waals surface area contributed by atoms with Crippen molar-refractivity contribution in [3.8, 4) is 5.75 Å². The number of anilines is 1. The van der Waals surface area contributed by atoms with Crippen LogP contribution in [0.15, 0.2) is 48.5 Å². The molecule has 1 aliphatic rings. The third kappa shape index (κ3) is 4.21.